The van der Waals surface area contributed by atoms with Gasteiger partial charge in [0.05, 0.1) is 17.7 Å². The summed E-state index contributed by atoms with van der Waals surface area (Å²) < 4.78 is 0. The number of rotatable bonds is 0. The summed E-state index contributed by atoms with van der Waals surface area (Å²) in [4.78, 5) is 4.39. The molecule has 1 aromatic heterocycles. The molecule has 0 radical (unpaired) electrons. The number of anilines is 1. The molecule has 1 aliphatic heterocycles. The normalized spacial score (nSPS) is 13.4. The van der Waals surface area contributed by atoms with Crippen LogP contribution in [0.25, 0.3) is 17.0 Å². The van der Waals surface area contributed by atoms with E-state index in [4.69, 9.17) is 5.84 Å². The van der Waals surface area contributed by atoms with Gasteiger partial charge in [0.1, 0.15) is 0 Å². The van der Waals surface area contributed by atoms with E-state index >= 15 is 0 Å². The summed E-state index contributed by atoms with van der Waals surface area (Å²) >= 11 is 0. The smallest absolute Gasteiger partial charge is 0.304 e. The molecule has 16 heavy (non-hydrogen) atoms. The number of pyridine rings is 1. The van der Waals surface area contributed by atoms with Crippen LogP contribution in [0.2, 0.25) is 0 Å². The Kier molecular flexibility index (Phi) is 2.97. The second-order valence-corrected chi connectivity index (χ2v) is 3.63. The molecular weight excluding hydrogens is 242 g/mol. The topological polar surface area (TPSA) is 42.1 Å². The van der Waals surface area contributed by atoms with Crippen molar-refractivity contribution in [2.45, 2.75) is 0 Å². The van der Waals surface area contributed by atoms with Crippen LogP contribution in [0.5, 0.6) is 0 Å². The van der Waals surface area contributed by atoms with E-state index in [0.717, 1.165) is 28.7 Å². The van der Waals surface area contributed by atoms with Gasteiger partial charge in [-0.05, 0) is 6.07 Å². The molecular formula is C12H11FeN3+2. The zero-order valence-corrected chi connectivity index (χ0v) is 9.68. The van der Waals surface area contributed by atoms with E-state index < -0.39 is 0 Å². The van der Waals surface area contributed by atoms with Crippen LogP contribution in [0.3, 0.4) is 0 Å². The molecule has 4 heteroatoms. The Balaban J connectivity index is 0.000000963. The molecule has 0 aliphatic carbocycles. The van der Waals surface area contributed by atoms with Gasteiger partial charge in [-0.15, -0.1) is 0 Å². The van der Waals surface area contributed by atoms with Gasteiger partial charge in [-0.1, -0.05) is 30.4 Å². The summed E-state index contributed by atoms with van der Waals surface area (Å²) in [5.41, 5.74) is 3.13. The van der Waals surface area contributed by atoms with Crippen molar-refractivity contribution >= 4 is 22.7 Å². The Bertz CT molecular complexity index is 551. The van der Waals surface area contributed by atoms with E-state index in [1.165, 1.54) is 0 Å². The first-order chi connectivity index (χ1) is 7.36. The molecule has 3 nitrogen and oxygen atoms in total. The number of nitrogens with zero attached hydrogens (tertiary/aromatic N) is 2. The fourth-order valence-corrected chi connectivity index (χ4v) is 1.97. The van der Waals surface area contributed by atoms with Gasteiger partial charge in [-0.25, -0.2) is 5.84 Å². The SMILES string of the molecule is NN1CC=Cc2ccc3cccnc3c21.[Fe+2]. The monoisotopic (exact) mass is 253 g/mol. The van der Waals surface area contributed by atoms with Crippen LogP contribution in [-0.2, 0) is 17.1 Å². The summed E-state index contributed by atoms with van der Waals surface area (Å²) in [7, 11) is 0. The minimum atomic E-state index is 0. The third-order valence-corrected chi connectivity index (χ3v) is 2.67. The van der Waals surface area contributed by atoms with Gasteiger partial charge in [-0.2, -0.15) is 0 Å². The average molecular weight is 253 g/mol. The van der Waals surface area contributed by atoms with Gasteiger partial charge in [0.2, 0.25) is 0 Å². The molecule has 2 aromatic rings. The average Bonchev–Trinajstić information content (AvgIpc) is 2.29. The first-order valence-corrected chi connectivity index (χ1v) is 4.93. The number of nitrogens with two attached hydrogens (primary N) is 1. The summed E-state index contributed by atoms with van der Waals surface area (Å²) in [6.45, 7) is 0.739. The molecule has 2 heterocycles. The van der Waals surface area contributed by atoms with Crippen molar-refractivity contribution in [1.82, 2.24) is 4.98 Å². The van der Waals surface area contributed by atoms with E-state index in [-0.39, 0.29) is 17.1 Å². The molecule has 80 valence electrons. The van der Waals surface area contributed by atoms with Crippen molar-refractivity contribution in [2.24, 2.45) is 5.84 Å². The standard InChI is InChI=1S/C12H11N3.Fe/c13-15-8-2-4-10-6-5-9-3-1-7-14-11(9)12(10)15;/h1-7H,8,13H2;/q;+2. The summed E-state index contributed by atoms with van der Waals surface area (Å²) in [5.74, 6) is 5.95. The predicted molar refractivity (Wildman–Crippen MR) is 62.3 cm³/mol. The number of hydrogen-bond donors (Lipinski definition) is 1. The second-order valence-electron chi connectivity index (χ2n) is 3.63. The van der Waals surface area contributed by atoms with Crippen LogP contribution >= 0.6 is 0 Å². The Morgan fingerprint density at radius 3 is 3.00 bits per heavy atom. The van der Waals surface area contributed by atoms with Gasteiger partial charge in [0.15, 0.2) is 0 Å². The zero-order chi connectivity index (χ0) is 10.3. The Labute approximate surface area is 104 Å². The third-order valence-electron chi connectivity index (χ3n) is 2.67. The van der Waals surface area contributed by atoms with Crippen LogP contribution in [0.1, 0.15) is 5.56 Å². The van der Waals surface area contributed by atoms with Crippen LogP contribution in [0, 0.1) is 0 Å². The molecule has 0 spiro atoms. The van der Waals surface area contributed by atoms with Crippen molar-refractivity contribution in [2.75, 3.05) is 11.6 Å². The Hall–Kier alpha value is -1.35. The zero-order valence-electron chi connectivity index (χ0n) is 8.57. The predicted octanol–water partition coefficient (Wildman–Crippen LogP) is 1.94. The van der Waals surface area contributed by atoms with E-state index in [0.29, 0.717) is 0 Å². The first-order valence-electron chi connectivity index (χ1n) is 4.93. The maximum atomic E-state index is 5.95. The largest absolute Gasteiger partial charge is 2.00 e. The van der Waals surface area contributed by atoms with Gasteiger partial charge < -0.3 is 5.01 Å². The molecule has 0 amide bonds. The van der Waals surface area contributed by atoms with Crippen LogP contribution < -0.4 is 10.9 Å². The number of benzene rings is 1. The van der Waals surface area contributed by atoms with Crippen molar-refractivity contribution < 1.29 is 17.1 Å². The summed E-state index contributed by atoms with van der Waals surface area (Å²) in [6.07, 6.45) is 5.94. The number of fused-ring (bicyclic) bond motifs is 3. The van der Waals surface area contributed by atoms with Crippen molar-refractivity contribution in [1.29, 1.82) is 0 Å². The van der Waals surface area contributed by atoms with Gasteiger partial charge >= 0.3 is 17.1 Å². The molecule has 0 atom stereocenters. The molecule has 1 aromatic carbocycles. The third kappa shape index (κ3) is 1.61. The van der Waals surface area contributed by atoms with Crippen molar-refractivity contribution in [3.05, 3.63) is 42.1 Å². The number of hydrazine groups is 1. The summed E-state index contributed by atoms with van der Waals surface area (Å²) in [5, 5.41) is 2.87. The van der Waals surface area contributed by atoms with E-state index in [1.54, 1.807) is 11.2 Å². The van der Waals surface area contributed by atoms with E-state index in [9.17, 15) is 0 Å². The molecule has 0 saturated heterocycles. The molecule has 1 aliphatic rings. The fraction of sp³-hybridized carbons (Fsp3) is 0.0833. The van der Waals surface area contributed by atoms with Crippen molar-refractivity contribution in [3.8, 4) is 0 Å². The molecule has 0 fully saturated rings. The van der Waals surface area contributed by atoms with Gasteiger partial charge in [0, 0.05) is 17.1 Å². The van der Waals surface area contributed by atoms with Crippen LogP contribution in [0.15, 0.2) is 36.5 Å². The fourth-order valence-electron chi connectivity index (χ4n) is 1.97. The van der Waals surface area contributed by atoms with Gasteiger partial charge in [-0.3, -0.25) is 4.98 Å². The summed E-state index contributed by atoms with van der Waals surface area (Å²) in [6, 6.07) is 8.14. The first kappa shape index (κ1) is 11.1. The van der Waals surface area contributed by atoms with Crippen LogP contribution in [-0.4, -0.2) is 11.5 Å². The number of hydrogen-bond acceptors (Lipinski definition) is 3. The quantitative estimate of drug-likeness (QED) is 0.576. The minimum Gasteiger partial charge on any atom is -0.304 e. The maximum Gasteiger partial charge on any atom is 2.00 e. The number of aromatic nitrogens is 1. The molecule has 0 saturated carbocycles. The van der Waals surface area contributed by atoms with Crippen molar-refractivity contribution in [3.63, 3.8) is 0 Å². The van der Waals surface area contributed by atoms with Crippen LogP contribution in [0.4, 0.5) is 5.69 Å². The van der Waals surface area contributed by atoms with E-state index in [1.807, 2.05) is 6.07 Å². The Morgan fingerprint density at radius 1 is 1.25 bits per heavy atom. The minimum absolute atomic E-state index is 0. The van der Waals surface area contributed by atoms with E-state index in [2.05, 4.69) is 35.3 Å². The Morgan fingerprint density at radius 2 is 2.12 bits per heavy atom. The molecule has 0 unspecified atom stereocenters. The van der Waals surface area contributed by atoms with Gasteiger partial charge in [0.25, 0.3) is 0 Å². The molecule has 2 N–H and O–H groups in total. The molecule has 0 bridgehead atoms. The maximum absolute atomic E-state index is 5.95. The molecule has 3 rings (SSSR count). The second kappa shape index (κ2) is 4.26.